The van der Waals surface area contributed by atoms with Gasteiger partial charge in [0.05, 0.1) is 11.1 Å². The molecule has 0 atom stereocenters. The molecule has 1 aliphatic rings. The van der Waals surface area contributed by atoms with Gasteiger partial charge in [-0.15, -0.1) is 0 Å². The Kier molecular flexibility index (Phi) is 4.87. The molecule has 0 spiro atoms. The van der Waals surface area contributed by atoms with Gasteiger partial charge in [-0.25, -0.2) is 0 Å². The normalized spacial score (nSPS) is 13.9. The van der Waals surface area contributed by atoms with Crippen LogP contribution in [0.15, 0.2) is 36.4 Å². The first-order valence-electron chi connectivity index (χ1n) is 6.87. The third-order valence-electron chi connectivity index (χ3n) is 3.22. The minimum absolute atomic E-state index is 0.185. The fraction of sp³-hybridized carbons (Fsp3) is 0.312. The van der Waals surface area contributed by atoms with Crippen molar-refractivity contribution in [3.63, 3.8) is 0 Å². The van der Waals surface area contributed by atoms with Crippen LogP contribution in [0, 0.1) is 0 Å². The van der Waals surface area contributed by atoms with E-state index in [0.717, 1.165) is 0 Å². The summed E-state index contributed by atoms with van der Waals surface area (Å²) >= 11 is 0. The van der Waals surface area contributed by atoms with E-state index in [4.69, 9.17) is 4.74 Å². The molecule has 5 heteroatoms. The summed E-state index contributed by atoms with van der Waals surface area (Å²) in [6.07, 6.45) is 4.12. The van der Waals surface area contributed by atoms with Crippen LogP contribution in [-0.4, -0.2) is 35.8 Å². The van der Waals surface area contributed by atoms with Crippen molar-refractivity contribution in [2.75, 3.05) is 13.2 Å². The number of hydrogen-bond donors (Lipinski definition) is 0. The van der Waals surface area contributed by atoms with E-state index in [1.165, 1.54) is 4.90 Å². The van der Waals surface area contributed by atoms with Crippen LogP contribution in [0.5, 0.6) is 0 Å². The van der Waals surface area contributed by atoms with Gasteiger partial charge in [0.15, 0.2) is 0 Å². The molecule has 0 radical (unpaired) electrons. The second kappa shape index (κ2) is 6.83. The Bertz CT molecular complexity index is 557. The summed E-state index contributed by atoms with van der Waals surface area (Å²) in [5.74, 6) is -0.916. The largest absolute Gasteiger partial charge is 0.461 e. The zero-order valence-electron chi connectivity index (χ0n) is 11.9. The summed E-state index contributed by atoms with van der Waals surface area (Å²) in [6.45, 7) is 2.32. The number of rotatable bonds is 6. The van der Waals surface area contributed by atoms with Crippen molar-refractivity contribution in [3.05, 3.63) is 47.5 Å². The van der Waals surface area contributed by atoms with Crippen LogP contribution in [0.3, 0.4) is 0 Å². The van der Waals surface area contributed by atoms with E-state index in [9.17, 15) is 14.4 Å². The molecular weight excluding hydrogens is 270 g/mol. The molecule has 2 amide bonds. The Morgan fingerprint density at radius 2 is 1.81 bits per heavy atom. The topological polar surface area (TPSA) is 63.7 Å². The van der Waals surface area contributed by atoms with E-state index in [2.05, 4.69) is 0 Å². The number of carbonyl (C=O) groups is 3. The monoisotopic (exact) mass is 287 g/mol. The molecule has 2 rings (SSSR count). The van der Waals surface area contributed by atoms with Crippen molar-refractivity contribution in [3.8, 4) is 0 Å². The van der Waals surface area contributed by atoms with Crippen LogP contribution in [0.2, 0.25) is 0 Å². The van der Waals surface area contributed by atoms with Gasteiger partial charge in [-0.05, 0) is 25.5 Å². The van der Waals surface area contributed by atoms with Crippen molar-refractivity contribution in [1.82, 2.24) is 4.90 Å². The predicted molar refractivity (Wildman–Crippen MR) is 76.8 cm³/mol. The summed E-state index contributed by atoms with van der Waals surface area (Å²) in [5, 5.41) is 0. The van der Waals surface area contributed by atoms with Gasteiger partial charge in [0.2, 0.25) is 0 Å². The average Bonchev–Trinajstić information content (AvgIpc) is 2.73. The van der Waals surface area contributed by atoms with Gasteiger partial charge >= 0.3 is 5.97 Å². The van der Waals surface area contributed by atoms with E-state index in [1.54, 1.807) is 36.4 Å². The molecule has 0 aliphatic carbocycles. The number of nitrogens with zero attached hydrogens (tertiary/aromatic N) is 1. The number of amides is 2. The Hall–Kier alpha value is -2.43. The van der Waals surface area contributed by atoms with Gasteiger partial charge in [-0.3, -0.25) is 19.3 Å². The second-order valence-corrected chi connectivity index (χ2v) is 4.66. The lowest BCUT2D eigenvalue weighted by Crippen LogP contribution is -2.31. The first kappa shape index (κ1) is 15.0. The highest BCUT2D eigenvalue weighted by atomic mass is 16.5. The van der Waals surface area contributed by atoms with Crippen molar-refractivity contribution in [1.29, 1.82) is 0 Å². The van der Waals surface area contributed by atoms with Gasteiger partial charge in [-0.2, -0.15) is 0 Å². The number of imide groups is 1. The smallest absolute Gasteiger partial charge is 0.306 e. The van der Waals surface area contributed by atoms with Crippen LogP contribution in [0.1, 0.15) is 40.5 Å². The maximum atomic E-state index is 12.1. The molecule has 1 aromatic carbocycles. The number of benzene rings is 1. The molecule has 0 fully saturated rings. The Labute approximate surface area is 123 Å². The van der Waals surface area contributed by atoms with Crippen LogP contribution in [0.25, 0.3) is 0 Å². The van der Waals surface area contributed by atoms with Crippen LogP contribution in [0.4, 0.5) is 0 Å². The summed E-state index contributed by atoms with van der Waals surface area (Å²) in [4.78, 5) is 36.8. The molecule has 0 aromatic heterocycles. The number of esters is 1. The molecule has 1 heterocycles. The lowest BCUT2D eigenvalue weighted by atomic mass is 10.1. The Balaban J connectivity index is 1.84. The highest BCUT2D eigenvalue weighted by Crippen LogP contribution is 2.22. The standard InChI is InChI=1S/C16H17NO4/c1-2-3-11-21-14(18)9-6-10-17-15(19)12-7-4-5-8-13(12)16(17)20/h2-5,7-8H,6,9-11H2,1H3/b3-2+. The molecule has 1 aliphatic heterocycles. The molecule has 0 saturated heterocycles. The number of carbonyl (C=O) groups excluding carboxylic acids is 3. The molecule has 0 bridgehead atoms. The quantitative estimate of drug-likeness (QED) is 0.457. The molecule has 0 unspecified atom stereocenters. The van der Waals surface area contributed by atoms with Gasteiger partial charge in [0.25, 0.3) is 11.8 Å². The maximum Gasteiger partial charge on any atom is 0.306 e. The third kappa shape index (κ3) is 3.37. The fourth-order valence-electron chi connectivity index (χ4n) is 2.13. The van der Waals surface area contributed by atoms with Crippen LogP contribution >= 0.6 is 0 Å². The van der Waals surface area contributed by atoms with Crippen LogP contribution < -0.4 is 0 Å². The SMILES string of the molecule is C/C=C/COC(=O)CCCN1C(=O)c2ccccc2C1=O. The number of fused-ring (bicyclic) bond motifs is 1. The lowest BCUT2D eigenvalue weighted by molar-refractivity contribution is -0.142. The molecule has 0 saturated carbocycles. The number of ether oxygens (including phenoxy) is 1. The van der Waals surface area contributed by atoms with E-state index in [1.807, 2.05) is 6.92 Å². The predicted octanol–water partition coefficient (Wildman–Crippen LogP) is 2.18. The molecule has 110 valence electrons. The maximum absolute atomic E-state index is 12.1. The minimum atomic E-state index is -0.329. The number of hydrogen-bond acceptors (Lipinski definition) is 4. The number of allylic oxidation sites excluding steroid dienone is 1. The van der Waals surface area contributed by atoms with Crippen molar-refractivity contribution >= 4 is 17.8 Å². The first-order chi connectivity index (χ1) is 10.1. The second-order valence-electron chi connectivity index (χ2n) is 4.66. The van der Waals surface area contributed by atoms with Crippen molar-refractivity contribution in [2.24, 2.45) is 0 Å². The summed E-state index contributed by atoms with van der Waals surface area (Å²) in [5.41, 5.74) is 0.858. The van der Waals surface area contributed by atoms with E-state index >= 15 is 0 Å². The average molecular weight is 287 g/mol. The molecular formula is C16H17NO4. The lowest BCUT2D eigenvalue weighted by Gasteiger charge is -2.13. The minimum Gasteiger partial charge on any atom is -0.461 e. The van der Waals surface area contributed by atoms with Gasteiger partial charge in [0.1, 0.15) is 6.61 Å². The van der Waals surface area contributed by atoms with Crippen molar-refractivity contribution in [2.45, 2.75) is 19.8 Å². The van der Waals surface area contributed by atoms with Gasteiger partial charge < -0.3 is 4.74 Å². The molecule has 21 heavy (non-hydrogen) atoms. The van der Waals surface area contributed by atoms with Gasteiger partial charge in [-0.1, -0.05) is 24.3 Å². The molecule has 1 aromatic rings. The van der Waals surface area contributed by atoms with E-state index in [-0.39, 0.29) is 37.4 Å². The van der Waals surface area contributed by atoms with Gasteiger partial charge in [0, 0.05) is 13.0 Å². The first-order valence-corrected chi connectivity index (χ1v) is 6.87. The van der Waals surface area contributed by atoms with Crippen molar-refractivity contribution < 1.29 is 19.1 Å². The highest BCUT2D eigenvalue weighted by molar-refractivity contribution is 6.21. The van der Waals surface area contributed by atoms with E-state index in [0.29, 0.717) is 17.5 Å². The molecule has 5 nitrogen and oxygen atoms in total. The fourth-order valence-corrected chi connectivity index (χ4v) is 2.13. The summed E-state index contributed by atoms with van der Waals surface area (Å²) in [6, 6.07) is 6.74. The Morgan fingerprint density at radius 1 is 1.19 bits per heavy atom. The third-order valence-corrected chi connectivity index (χ3v) is 3.22. The summed E-state index contributed by atoms with van der Waals surface area (Å²) in [7, 11) is 0. The zero-order valence-corrected chi connectivity index (χ0v) is 11.9. The molecule has 0 N–H and O–H groups in total. The van der Waals surface area contributed by atoms with E-state index < -0.39 is 0 Å². The summed E-state index contributed by atoms with van der Waals surface area (Å²) < 4.78 is 4.95. The van der Waals surface area contributed by atoms with Crippen LogP contribution in [-0.2, 0) is 9.53 Å². The Morgan fingerprint density at radius 3 is 2.38 bits per heavy atom. The zero-order chi connectivity index (χ0) is 15.2. The highest BCUT2D eigenvalue weighted by Gasteiger charge is 2.34.